The Balaban J connectivity index is 2.00. The van der Waals surface area contributed by atoms with Gasteiger partial charge in [0.05, 0.1) is 17.9 Å². The van der Waals surface area contributed by atoms with Crippen molar-refractivity contribution < 1.29 is 14.7 Å². The first-order valence-corrected chi connectivity index (χ1v) is 5.74. The number of H-pyrrole nitrogens is 1. The van der Waals surface area contributed by atoms with Gasteiger partial charge >= 0.3 is 5.97 Å². The van der Waals surface area contributed by atoms with E-state index in [4.69, 9.17) is 5.11 Å². The average molecular weight is 252 g/mol. The molecule has 3 N–H and O–H groups in total. The van der Waals surface area contributed by atoms with Crippen LogP contribution in [0.3, 0.4) is 0 Å². The van der Waals surface area contributed by atoms with Crippen molar-refractivity contribution in [3.05, 3.63) is 12.2 Å². The second-order valence-corrected chi connectivity index (χ2v) is 5.22. The van der Waals surface area contributed by atoms with Gasteiger partial charge in [-0.1, -0.05) is 13.8 Å². The number of amides is 1. The average Bonchev–Trinajstić information content (AvgIpc) is 2.67. The fourth-order valence-corrected chi connectivity index (χ4v) is 2.38. The van der Waals surface area contributed by atoms with Crippen molar-refractivity contribution >= 4 is 11.9 Å². The lowest BCUT2D eigenvalue weighted by molar-refractivity contribution is -0.140. The number of aromatic nitrogens is 3. The monoisotopic (exact) mass is 252 g/mol. The molecule has 18 heavy (non-hydrogen) atoms. The molecule has 2 rings (SSSR count). The number of carbonyl (C=O) groups is 2. The Labute approximate surface area is 104 Å². The summed E-state index contributed by atoms with van der Waals surface area (Å²) >= 11 is 0. The molecule has 0 saturated heterocycles. The second kappa shape index (κ2) is 4.08. The van der Waals surface area contributed by atoms with E-state index in [0.29, 0.717) is 5.82 Å². The lowest BCUT2D eigenvalue weighted by Gasteiger charge is -2.11. The van der Waals surface area contributed by atoms with E-state index in [0.717, 1.165) is 0 Å². The molecule has 0 radical (unpaired) electrons. The third kappa shape index (κ3) is 1.96. The topological polar surface area (TPSA) is 108 Å². The quantitative estimate of drug-likeness (QED) is 0.716. The van der Waals surface area contributed by atoms with Gasteiger partial charge < -0.3 is 10.4 Å². The van der Waals surface area contributed by atoms with Gasteiger partial charge in [-0.3, -0.25) is 14.7 Å². The zero-order chi connectivity index (χ0) is 13.5. The van der Waals surface area contributed by atoms with E-state index in [1.165, 1.54) is 6.33 Å². The molecule has 3 atom stereocenters. The molecule has 1 aliphatic rings. The van der Waals surface area contributed by atoms with E-state index in [2.05, 4.69) is 20.5 Å². The van der Waals surface area contributed by atoms with Gasteiger partial charge in [0.25, 0.3) is 0 Å². The molecule has 7 nitrogen and oxygen atoms in total. The summed E-state index contributed by atoms with van der Waals surface area (Å²) in [7, 11) is 0. The van der Waals surface area contributed by atoms with Crippen LogP contribution in [0.15, 0.2) is 6.33 Å². The second-order valence-electron chi connectivity index (χ2n) is 5.22. The Morgan fingerprint density at radius 1 is 1.50 bits per heavy atom. The van der Waals surface area contributed by atoms with Crippen LogP contribution in [0.2, 0.25) is 0 Å². The highest BCUT2D eigenvalue weighted by Gasteiger charge is 2.65. The highest BCUT2D eigenvalue weighted by Crippen LogP contribution is 2.58. The highest BCUT2D eigenvalue weighted by atomic mass is 16.4. The Bertz CT molecular complexity index is 469. The number of carboxylic acids is 1. The third-order valence-electron chi connectivity index (χ3n) is 3.58. The Hall–Kier alpha value is -1.92. The number of carboxylic acid groups (broad SMARTS) is 1. The van der Waals surface area contributed by atoms with Crippen molar-refractivity contribution in [2.75, 3.05) is 0 Å². The van der Waals surface area contributed by atoms with Gasteiger partial charge in [0.1, 0.15) is 12.2 Å². The molecule has 0 aliphatic heterocycles. The van der Waals surface area contributed by atoms with Crippen LogP contribution in [0.5, 0.6) is 0 Å². The molecule has 1 heterocycles. The molecule has 1 saturated carbocycles. The van der Waals surface area contributed by atoms with E-state index in [1.54, 1.807) is 20.8 Å². The summed E-state index contributed by atoms with van der Waals surface area (Å²) in [5, 5.41) is 18.1. The fraction of sp³-hybridized carbons (Fsp3) is 0.636. The van der Waals surface area contributed by atoms with Crippen molar-refractivity contribution in [1.29, 1.82) is 0 Å². The summed E-state index contributed by atoms with van der Waals surface area (Å²) < 4.78 is 0. The Morgan fingerprint density at radius 3 is 2.61 bits per heavy atom. The van der Waals surface area contributed by atoms with Crippen molar-refractivity contribution in [3.8, 4) is 0 Å². The molecular weight excluding hydrogens is 236 g/mol. The Morgan fingerprint density at radius 2 is 2.17 bits per heavy atom. The number of nitrogens with zero attached hydrogens (tertiary/aromatic N) is 2. The first-order valence-electron chi connectivity index (χ1n) is 5.74. The number of aliphatic carboxylic acids is 1. The number of rotatable bonds is 4. The lowest BCUT2D eigenvalue weighted by atomic mass is 10.1. The predicted octanol–water partition coefficient (Wildman–Crippen LogP) is 0.339. The SMILES string of the molecule is CC(NC(=O)[C@H]1[C@@H](C(=O)O)C1(C)C)c1ncn[nH]1. The third-order valence-corrected chi connectivity index (χ3v) is 3.58. The number of aromatic amines is 1. The summed E-state index contributed by atoms with van der Waals surface area (Å²) in [6.07, 6.45) is 1.36. The normalized spacial score (nSPS) is 26.4. The van der Waals surface area contributed by atoms with Gasteiger partial charge in [0, 0.05) is 0 Å². The largest absolute Gasteiger partial charge is 0.481 e. The van der Waals surface area contributed by atoms with Gasteiger partial charge in [-0.25, -0.2) is 4.98 Å². The van der Waals surface area contributed by atoms with Crippen LogP contribution in [0, 0.1) is 17.3 Å². The lowest BCUT2D eigenvalue weighted by Crippen LogP contribution is -2.30. The molecule has 1 amide bonds. The molecule has 7 heteroatoms. The van der Waals surface area contributed by atoms with Crippen LogP contribution in [-0.4, -0.2) is 32.2 Å². The van der Waals surface area contributed by atoms with E-state index >= 15 is 0 Å². The minimum absolute atomic E-state index is 0.253. The van der Waals surface area contributed by atoms with Gasteiger partial charge in [-0.05, 0) is 12.3 Å². The molecule has 1 aromatic heterocycles. The fourth-order valence-electron chi connectivity index (χ4n) is 2.38. The van der Waals surface area contributed by atoms with Crippen molar-refractivity contribution in [2.24, 2.45) is 17.3 Å². The van der Waals surface area contributed by atoms with E-state index < -0.39 is 23.2 Å². The molecule has 1 aromatic rings. The minimum atomic E-state index is -0.924. The van der Waals surface area contributed by atoms with Gasteiger partial charge in [0.15, 0.2) is 0 Å². The zero-order valence-electron chi connectivity index (χ0n) is 10.5. The molecule has 98 valence electrons. The smallest absolute Gasteiger partial charge is 0.307 e. The van der Waals surface area contributed by atoms with Crippen LogP contribution < -0.4 is 5.32 Å². The zero-order valence-corrected chi connectivity index (χ0v) is 10.5. The molecule has 0 aromatic carbocycles. The first-order chi connectivity index (χ1) is 8.35. The van der Waals surface area contributed by atoms with Crippen molar-refractivity contribution in [2.45, 2.75) is 26.8 Å². The summed E-state index contributed by atoms with van der Waals surface area (Å²) in [6, 6.07) is -0.314. The first kappa shape index (κ1) is 12.5. The van der Waals surface area contributed by atoms with Crippen LogP contribution in [0.1, 0.15) is 32.6 Å². The number of hydrogen-bond acceptors (Lipinski definition) is 4. The van der Waals surface area contributed by atoms with Gasteiger partial charge in [-0.2, -0.15) is 5.10 Å². The Kier molecular flexibility index (Phi) is 2.84. The molecule has 1 fully saturated rings. The maximum Gasteiger partial charge on any atom is 0.307 e. The highest BCUT2D eigenvalue weighted by molar-refractivity contribution is 5.91. The van der Waals surface area contributed by atoms with Crippen molar-refractivity contribution in [3.63, 3.8) is 0 Å². The molecule has 1 unspecified atom stereocenters. The van der Waals surface area contributed by atoms with Gasteiger partial charge in [-0.15, -0.1) is 0 Å². The van der Waals surface area contributed by atoms with E-state index in [-0.39, 0.29) is 11.9 Å². The van der Waals surface area contributed by atoms with Crippen LogP contribution >= 0.6 is 0 Å². The van der Waals surface area contributed by atoms with Crippen LogP contribution in [0.4, 0.5) is 0 Å². The molecule has 1 aliphatic carbocycles. The van der Waals surface area contributed by atoms with E-state index in [9.17, 15) is 9.59 Å². The maximum atomic E-state index is 12.0. The standard InChI is InChI=1S/C11H16N4O3/c1-5(8-12-4-13-15-8)14-9(16)6-7(10(17)18)11(6,2)3/h4-7H,1-3H3,(H,14,16)(H,17,18)(H,12,13,15)/t5?,6-,7+/m1/s1. The van der Waals surface area contributed by atoms with Crippen LogP contribution in [0.25, 0.3) is 0 Å². The summed E-state index contributed by atoms with van der Waals surface area (Å²) in [5.41, 5.74) is -0.489. The minimum Gasteiger partial charge on any atom is -0.481 e. The molecular formula is C11H16N4O3. The van der Waals surface area contributed by atoms with Crippen LogP contribution in [-0.2, 0) is 9.59 Å². The number of hydrogen-bond donors (Lipinski definition) is 3. The number of nitrogens with one attached hydrogen (secondary N) is 2. The molecule has 0 bridgehead atoms. The maximum absolute atomic E-state index is 12.0. The predicted molar refractivity (Wildman–Crippen MR) is 61.3 cm³/mol. The number of carbonyl (C=O) groups excluding carboxylic acids is 1. The van der Waals surface area contributed by atoms with Gasteiger partial charge in [0.2, 0.25) is 5.91 Å². The summed E-state index contributed by atoms with van der Waals surface area (Å²) in [4.78, 5) is 26.9. The van der Waals surface area contributed by atoms with E-state index in [1.807, 2.05) is 0 Å². The molecule has 0 spiro atoms. The van der Waals surface area contributed by atoms with Crippen molar-refractivity contribution in [1.82, 2.24) is 20.5 Å². The summed E-state index contributed by atoms with van der Waals surface area (Å²) in [6.45, 7) is 5.34. The summed E-state index contributed by atoms with van der Waals surface area (Å²) in [5.74, 6) is -1.72.